The number of aliphatic hydroxyl groups excluding tert-OH is 1. The SMILES string of the molecule is [2H]CC(=O)O[C@H]1[C@H](OC(=O)C[2H])[C@@H](OC(=O)C[2H])C(N)O[C@@H]1CO. The van der Waals surface area contributed by atoms with Gasteiger partial charge in [0, 0.05) is 24.8 Å². The second-order valence-electron chi connectivity index (χ2n) is 4.19. The van der Waals surface area contributed by atoms with Crippen LogP contribution in [0.4, 0.5) is 0 Å². The molecule has 0 aromatic carbocycles. The minimum absolute atomic E-state index is 0.655. The molecule has 0 aliphatic carbocycles. The Bertz CT molecular complexity index is 466. The van der Waals surface area contributed by atoms with E-state index in [0.717, 1.165) is 0 Å². The fourth-order valence-corrected chi connectivity index (χ4v) is 1.96. The van der Waals surface area contributed by atoms with Gasteiger partial charge in [0.25, 0.3) is 0 Å². The molecule has 21 heavy (non-hydrogen) atoms. The molecule has 9 nitrogen and oxygen atoms in total. The van der Waals surface area contributed by atoms with Gasteiger partial charge in [-0.25, -0.2) is 0 Å². The van der Waals surface area contributed by atoms with E-state index >= 15 is 0 Å². The third kappa shape index (κ3) is 4.66. The smallest absolute Gasteiger partial charge is 0.303 e. The van der Waals surface area contributed by atoms with Crippen molar-refractivity contribution in [3.05, 3.63) is 0 Å². The summed E-state index contributed by atoms with van der Waals surface area (Å²) in [6.07, 6.45) is -6.77. The molecule has 1 unspecified atom stereocenters. The summed E-state index contributed by atoms with van der Waals surface area (Å²) in [5, 5.41) is 9.35. The van der Waals surface area contributed by atoms with Crippen LogP contribution in [0, 0.1) is 0 Å². The lowest BCUT2D eigenvalue weighted by Gasteiger charge is -2.42. The summed E-state index contributed by atoms with van der Waals surface area (Å²) in [5.74, 6) is -2.99. The quantitative estimate of drug-likeness (QED) is 0.467. The molecule has 5 atom stereocenters. The summed E-state index contributed by atoms with van der Waals surface area (Å²) in [7, 11) is 0. The van der Waals surface area contributed by atoms with Crippen molar-refractivity contribution in [1.82, 2.24) is 0 Å². The molecular weight excluding hydrogens is 286 g/mol. The zero-order valence-corrected chi connectivity index (χ0v) is 11.1. The molecule has 0 aromatic heterocycles. The number of rotatable bonds is 4. The van der Waals surface area contributed by atoms with Crippen LogP contribution in [0.3, 0.4) is 0 Å². The molecule has 3 N–H and O–H groups in total. The minimum Gasteiger partial charge on any atom is -0.456 e. The number of aliphatic hydroxyl groups is 1. The van der Waals surface area contributed by atoms with Gasteiger partial charge in [-0.15, -0.1) is 0 Å². The van der Waals surface area contributed by atoms with Crippen molar-refractivity contribution in [2.75, 3.05) is 6.61 Å². The molecular formula is C12H19NO8. The molecule has 1 aliphatic heterocycles. The van der Waals surface area contributed by atoms with Crippen molar-refractivity contribution >= 4 is 17.9 Å². The summed E-state index contributed by atoms with van der Waals surface area (Å²) >= 11 is 0. The Morgan fingerprint density at radius 1 is 1.05 bits per heavy atom. The zero-order chi connectivity index (χ0) is 18.3. The van der Waals surface area contributed by atoms with E-state index in [0.29, 0.717) is 0 Å². The first-order valence-electron chi connectivity index (χ1n) is 7.98. The summed E-state index contributed by atoms with van der Waals surface area (Å²) in [5.41, 5.74) is 5.69. The van der Waals surface area contributed by atoms with Gasteiger partial charge in [-0.1, -0.05) is 0 Å². The Labute approximate surface area is 125 Å². The second kappa shape index (κ2) is 7.34. The predicted octanol–water partition coefficient (Wildman–Crippen LogP) is -1.54. The van der Waals surface area contributed by atoms with Crippen molar-refractivity contribution < 1.29 is 42.5 Å². The molecule has 1 aliphatic rings. The van der Waals surface area contributed by atoms with Crippen LogP contribution in [-0.2, 0) is 33.3 Å². The molecule has 1 fully saturated rings. The van der Waals surface area contributed by atoms with E-state index in [1.54, 1.807) is 0 Å². The lowest BCUT2D eigenvalue weighted by atomic mass is 9.97. The predicted molar refractivity (Wildman–Crippen MR) is 66.6 cm³/mol. The Kier molecular flexibility index (Phi) is 4.54. The van der Waals surface area contributed by atoms with Crippen LogP contribution < -0.4 is 5.73 Å². The first-order chi connectivity index (χ1) is 11.4. The molecule has 0 radical (unpaired) electrons. The van der Waals surface area contributed by atoms with E-state index in [1.807, 2.05) is 0 Å². The van der Waals surface area contributed by atoms with Gasteiger partial charge in [0.2, 0.25) is 0 Å². The average molecular weight is 308 g/mol. The molecule has 0 aromatic rings. The lowest BCUT2D eigenvalue weighted by molar-refractivity contribution is -0.250. The van der Waals surface area contributed by atoms with E-state index < -0.39 is 75.9 Å². The summed E-state index contributed by atoms with van der Waals surface area (Å²) in [6, 6.07) is 0. The van der Waals surface area contributed by atoms with Crippen molar-refractivity contribution in [3.63, 3.8) is 0 Å². The number of carbonyl (C=O) groups is 3. The van der Waals surface area contributed by atoms with Crippen molar-refractivity contribution in [1.29, 1.82) is 0 Å². The molecule has 9 heteroatoms. The molecule has 0 amide bonds. The number of hydrogen-bond donors (Lipinski definition) is 2. The normalized spacial score (nSPS) is 34.0. The third-order valence-electron chi connectivity index (χ3n) is 2.65. The fraction of sp³-hybridized carbons (Fsp3) is 0.750. The minimum atomic E-state index is -1.45. The highest BCUT2D eigenvalue weighted by molar-refractivity contribution is 5.68. The molecule has 1 rings (SSSR count). The number of hydrogen-bond acceptors (Lipinski definition) is 9. The van der Waals surface area contributed by atoms with Gasteiger partial charge in [0.15, 0.2) is 18.3 Å². The Hall–Kier alpha value is -1.71. The first kappa shape index (κ1) is 13.0. The molecule has 0 spiro atoms. The second-order valence-corrected chi connectivity index (χ2v) is 4.19. The Morgan fingerprint density at radius 2 is 1.52 bits per heavy atom. The van der Waals surface area contributed by atoms with E-state index in [1.165, 1.54) is 0 Å². The van der Waals surface area contributed by atoms with Crippen LogP contribution in [0.2, 0.25) is 0 Å². The number of ether oxygens (including phenoxy) is 4. The maximum Gasteiger partial charge on any atom is 0.303 e. The number of nitrogens with two attached hydrogens (primary N) is 1. The van der Waals surface area contributed by atoms with E-state index in [-0.39, 0.29) is 0 Å². The van der Waals surface area contributed by atoms with Gasteiger partial charge in [0.05, 0.1) is 6.61 Å². The molecule has 1 saturated heterocycles. The van der Waals surface area contributed by atoms with Gasteiger partial charge in [-0.05, 0) is 0 Å². The Morgan fingerprint density at radius 3 is 2.00 bits per heavy atom. The highest BCUT2D eigenvalue weighted by Gasteiger charge is 2.50. The molecule has 0 saturated carbocycles. The third-order valence-corrected chi connectivity index (χ3v) is 2.65. The summed E-state index contributed by atoms with van der Waals surface area (Å²) in [4.78, 5) is 34.3. The monoisotopic (exact) mass is 308 g/mol. The van der Waals surface area contributed by atoms with Gasteiger partial charge in [0.1, 0.15) is 12.3 Å². The van der Waals surface area contributed by atoms with Gasteiger partial charge in [-0.2, -0.15) is 0 Å². The van der Waals surface area contributed by atoms with Crippen molar-refractivity contribution in [2.24, 2.45) is 5.73 Å². The van der Waals surface area contributed by atoms with E-state index in [4.69, 9.17) is 28.8 Å². The largest absolute Gasteiger partial charge is 0.456 e. The highest BCUT2D eigenvalue weighted by atomic mass is 16.7. The van der Waals surface area contributed by atoms with Crippen molar-refractivity contribution in [3.8, 4) is 0 Å². The van der Waals surface area contributed by atoms with Crippen molar-refractivity contribution in [2.45, 2.75) is 51.3 Å². The van der Waals surface area contributed by atoms with Crippen LogP contribution in [-0.4, -0.2) is 60.3 Å². The average Bonchev–Trinajstić information content (AvgIpc) is 2.58. The number of esters is 3. The van der Waals surface area contributed by atoms with Gasteiger partial charge in [-0.3, -0.25) is 14.4 Å². The van der Waals surface area contributed by atoms with Crippen LogP contribution in [0.25, 0.3) is 0 Å². The topological polar surface area (TPSA) is 134 Å². The Balaban J connectivity index is 3.11. The molecule has 120 valence electrons. The summed E-state index contributed by atoms with van der Waals surface area (Å²) < 4.78 is 41.0. The lowest BCUT2D eigenvalue weighted by Crippen LogP contribution is -2.64. The van der Waals surface area contributed by atoms with Gasteiger partial charge < -0.3 is 29.8 Å². The number of carbonyl (C=O) groups excluding carboxylic acids is 3. The standard InChI is InChI=1S/C12H19NO8/c1-5(15)18-9-8(4-14)21-12(13)11(20-7(3)17)10(9)19-6(2)16/h8-12,14H,4,13H2,1-3H3/t8-,9-,10+,11-,12?/m1/s1/i1D,2D,3D. The summed E-state index contributed by atoms with van der Waals surface area (Å²) in [6.45, 7) is -2.88. The van der Waals surface area contributed by atoms with Crippen LogP contribution >= 0.6 is 0 Å². The van der Waals surface area contributed by atoms with E-state index in [2.05, 4.69) is 0 Å². The zero-order valence-electron chi connectivity index (χ0n) is 14.1. The van der Waals surface area contributed by atoms with Gasteiger partial charge >= 0.3 is 17.9 Å². The maximum atomic E-state index is 11.5. The van der Waals surface area contributed by atoms with Crippen LogP contribution in [0.5, 0.6) is 0 Å². The van der Waals surface area contributed by atoms with Crippen LogP contribution in [0.1, 0.15) is 24.8 Å². The fourth-order valence-electron chi connectivity index (χ4n) is 1.96. The first-order valence-corrected chi connectivity index (χ1v) is 5.86. The van der Waals surface area contributed by atoms with E-state index in [9.17, 15) is 19.5 Å². The highest BCUT2D eigenvalue weighted by Crippen LogP contribution is 2.26. The maximum absolute atomic E-state index is 11.5. The molecule has 0 bridgehead atoms. The van der Waals surface area contributed by atoms with Crippen LogP contribution in [0.15, 0.2) is 0 Å². The molecule has 1 heterocycles.